The second-order valence-corrected chi connectivity index (χ2v) is 5.49. The molecule has 0 aliphatic carbocycles. The predicted molar refractivity (Wildman–Crippen MR) is 92.2 cm³/mol. The maximum atomic E-state index is 5.85. The summed E-state index contributed by atoms with van der Waals surface area (Å²) in [6.45, 7) is 0.313. The first kappa shape index (κ1) is 16.1. The third-order valence-corrected chi connectivity index (χ3v) is 4.00. The predicted octanol–water partition coefficient (Wildman–Crippen LogP) is 2.64. The zero-order chi connectivity index (χ0) is 14.7. The number of nitrogens with zero attached hydrogens (tertiary/aromatic N) is 3. The minimum atomic E-state index is 0. The highest BCUT2D eigenvalue weighted by molar-refractivity contribution is 7.99. The monoisotopic (exact) mass is 331 g/mol. The molecule has 3 rings (SSSR count). The highest BCUT2D eigenvalue weighted by atomic mass is 35.5. The van der Waals surface area contributed by atoms with Crippen molar-refractivity contribution in [1.82, 2.24) is 9.97 Å². The standard InChI is InChI=1S/C15H13N5S.ClH/c1-2-5-17-13(16)9-10-3-4-12-11(8-10)20-14-15(21-12)19-7-6-18-14;/h1,3-4,6-8H,5,9H2,(H2,16,17)(H,18,20);1H. The van der Waals surface area contributed by atoms with Crippen molar-refractivity contribution < 1.29 is 0 Å². The summed E-state index contributed by atoms with van der Waals surface area (Å²) in [6, 6.07) is 6.14. The molecule has 2 aromatic rings. The molecule has 3 N–H and O–H groups in total. The molecule has 112 valence electrons. The lowest BCUT2D eigenvalue weighted by Crippen LogP contribution is -2.15. The fraction of sp³-hybridized carbons (Fsp3) is 0.133. The molecule has 7 heteroatoms. The van der Waals surface area contributed by atoms with Crippen LogP contribution in [-0.2, 0) is 6.42 Å². The Morgan fingerprint density at radius 2 is 2.18 bits per heavy atom. The number of halogens is 1. The molecule has 0 bridgehead atoms. The van der Waals surface area contributed by atoms with Crippen LogP contribution in [-0.4, -0.2) is 22.3 Å². The summed E-state index contributed by atoms with van der Waals surface area (Å²) >= 11 is 1.60. The van der Waals surface area contributed by atoms with Gasteiger partial charge in [-0.2, -0.15) is 0 Å². The molecular formula is C15H14ClN5S. The number of benzene rings is 1. The van der Waals surface area contributed by atoms with Gasteiger partial charge in [0.25, 0.3) is 0 Å². The van der Waals surface area contributed by atoms with Gasteiger partial charge < -0.3 is 11.1 Å². The molecule has 0 radical (unpaired) electrons. The van der Waals surface area contributed by atoms with Crippen molar-refractivity contribution in [3.8, 4) is 12.3 Å². The molecule has 0 spiro atoms. The van der Waals surface area contributed by atoms with Crippen molar-refractivity contribution in [2.24, 2.45) is 10.7 Å². The molecule has 0 atom stereocenters. The van der Waals surface area contributed by atoms with Gasteiger partial charge in [-0.1, -0.05) is 23.7 Å². The number of aromatic nitrogens is 2. The lowest BCUT2D eigenvalue weighted by atomic mass is 10.1. The lowest BCUT2D eigenvalue weighted by Gasteiger charge is -2.19. The number of hydrogen-bond donors (Lipinski definition) is 2. The second-order valence-electron chi connectivity index (χ2n) is 4.46. The van der Waals surface area contributed by atoms with Gasteiger partial charge in [0.15, 0.2) is 5.82 Å². The van der Waals surface area contributed by atoms with Crippen LogP contribution in [0.1, 0.15) is 5.56 Å². The fourth-order valence-corrected chi connectivity index (χ4v) is 2.88. The van der Waals surface area contributed by atoms with Gasteiger partial charge >= 0.3 is 0 Å². The van der Waals surface area contributed by atoms with E-state index >= 15 is 0 Å². The highest BCUT2D eigenvalue weighted by Crippen LogP contribution is 2.41. The van der Waals surface area contributed by atoms with Crippen LogP contribution in [0.4, 0.5) is 11.5 Å². The van der Waals surface area contributed by atoms with Gasteiger partial charge in [0.2, 0.25) is 0 Å². The maximum absolute atomic E-state index is 5.85. The third kappa shape index (κ3) is 3.50. The Kier molecular flexibility index (Phi) is 5.26. The molecule has 1 aromatic carbocycles. The van der Waals surface area contributed by atoms with Crippen LogP contribution < -0.4 is 11.1 Å². The molecule has 0 saturated carbocycles. The van der Waals surface area contributed by atoms with Crippen molar-refractivity contribution in [1.29, 1.82) is 0 Å². The van der Waals surface area contributed by atoms with Crippen LogP contribution >= 0.6 is 24.2 Å². The van der Waals surface area contributed by atoms with Crippen LogP contribution in [0.15, 0.2) is 45.5 Å². The molecule has 1 aliphatic heterocycles. The first-order valence-electron chi connectivity index (χ1n) is 6.37. The van der Waals surface area contributed by atoms with Crippen LogP contribution in [0, 0.1) is 12.3 Å². The van der Waals surface area contributed by atoms with E-state index in [0.717, 1.165) is 27.0 Å². The Bertz CT molecular complexity index is 754. The molecule has 2 heterocycles. The van der Waals surface area contributed by atoms with Crippen molar-refractivity contribution in [2.75, 3.05) is 11.9 Å². The van der Waals surface area contributed by atoms with E-state index in [1.165, 1.54) is 0 Å². The van der Waals surface area contributed by atoms with Crippen molar-refractivity contribution in [3.05, 3.63) is 36.2 Å². The smallest absolute Gasteiger partial charge is 0.163 e. The molecule has 0 unspecified atom stereocenters. The summed E-state index contributed by atoms with van der Waals surface area (Å²) in [6.07, 6.45) is 9.11. The van der Waals surface area contributed by atoms with E-state index in [4.69, 9.17) is 12.2 Å². The number of nitrogens with two attached hydrogens (primary N) is 1. The zero-order valence-electron chi connectivity index (χ0n) is 11.6. The second kappa shape index (κ2) is 7.16. The Morgan fingerprint density at radius 1 is 1.36 bits per heavy atom. The van der Waals surface area contributed by atoms with Crippen LogP contribution in [0.25, 0.3) is 0 Å². The van der Waals surface area contributed by atoms with Gasteiger partial charge in [0.1, 0.15) is 11.6 Å². The molecule has 0 fully saturated rings. The van der Waals surface area contributed by atoms with Crippen LogP contribution in [0.2, 0.25) is 0 Å². The Balaban J connectivity index is 0.00000176. The summed E-state index contributed by atoms with van der Waals surface area (Å²) in [5, 5.41) is 4.17. The van der Waals surface area contributed by atoms with Crippen LogP contribution in [0.3, 0.4) is 0 Å². The van der Waals surface area contributed by atoms with E-state index in [1.807, 2.05) is 6.07 Å². The average Bonchev–Trinajstić information content (AvgIpc) is 2.51. The van der Waals surface area contributed by atoms with E-state index in [-0.39, 0.29) is 12.4 Å². The number of amidine groups is 1. The molecule has 1 aromatic heterocycles. The van der Waals surface area contributed by atoms with Gasteiger partial charge in [-0.3, -0.25) is 4.99 Å². The van der Waals surface area contributed by atoms with Gasteiger partial charge in [0, 0.05) is 23.7 Å². The summed E-state index contributed by atoms with van der Waals surface area (Å²) in [5.41, 5.74) is 7.94. The van der Waals surface area contributed by atoms with Gasteiger partial charge in [0.05, 0.1) is 11.5 Å². The minimum Gasteiger partial charge on any atom is -0.387 e. The van der Waals surface area contributed by atoms with Crippen molar-refractivity contribution in [2.45, 2.75) is 16.3 Å². The first-order chi connectivity index (χ1) is 10.3. The summed E-state index contributed by atoms with van der Waals surface area (Å²) in [4.78, 5) is 13.8. The third-order valence-electron chi connectivity index (χ3n) is 2.93. The largest absolute Gasteiger partial charge is 0.387 e. The number of fused-ring (bicyclic) bond motifs is 2. The molecule has 22 heavy (non-hydrogen) atoms. The Hall–Kier alpha value is -2.23. The molecule has 0 amide bonds. The van der Waals surface area contributed by atoms with Crippen LogP contribution in [0.5, 0.6) is 0 Å². The number of nitrogens with one attached hydrogen (secondary N) is 1. The molecule has 5 nitrogen and oxygen atoms in total. The first-order valence-corrected chi connectivity index (χ1v) is 7.19. The van der Waals surface area contributed by atoms with E-state index in [0.29, 0.717) is 18.8 Å². The molecule has 1 aliphatic rings. The number of aliphatic imine (C=N–C) groups is 1. The van der Waals surface area contributed by atoms with Crippen molar-refractivity contribution >= 4 is 41.5 Å². The van der Waals surface area contributed by atoms with E-state index in [2.05, 4.69) is 38.3 Å². The zero-order valence-corrected chi connectivity index (χ0v) is 13.2. The Labute approximate surface area is 139 Å². The number of anilines is 2. The van der Waals surface area contributed by atoms with E-state index in [9.17, 15) is 0 Å². The quantitative estimate of drug-likeness (QED) is 0.438. The number of rotatable bonds is 3. The van der Waals surface area contributed by atoms with E-state index in [1.54, 1.807) is 24.2 Å². The van der Waals surface area contributed by atoms with Gasteiger partial charge in [-0.25, -0.2) is 9.97 Å². The fourth-order valence-electron chi connectivity index (χ4n) is 2.00. The number of terminal acetylenes is 1. The average molecular weight is 332 g/mol. The summed E-state index contributed by atoms with van der Waals surface area (Å²) < 4.78 is 0. The maximum Gasteiger partial charge on any atom is 0.163 e. The Morgan fingerprint density at radius 3 is 3.00 bits per heavy atom. The topological polar surface area (TPSA) is 76.2 Å². The molecule has 0 saturated heterocycles. The minimum absolute atomic E-state index is 0. The normalized spacial score (nSPS) is 12.2. The molecular weight excluding hydrogens is 318 g/mol. The number of hydrogen-bond acceptors (Lipinski definition) is 5. The van der Waals surface area contributed by atoms with E-state index < -0.39 is 0 Å². The van der Waals surface area contributed by atoms with Gasteiger partial charge in [-0.05, 0) is 17.7 Å². The SMILES string of the molecule is C#CCN=C(N)Cc1ccc2c(c1)Nc1nccnc1S2.Cl. The van der Waals surface area contributed by atoms with Gasteiger partial charge in [-0.15, -0.1) is 18.8 Å². The summed E-state index contributed by atoms with van der Waals surface area (Å²) in [7, 11) is 0. The lowest BCUT2D eigenvalue weighted by molar-refractivity contribution is 1.04. The van der Waals surface area contributed by atoms with Crippen molar-refractivity contribution in [3.63, 3.8) is 0 Å². The highest BCUT2D eigenvalue weighted by Gasteiger charge is 2.17. The summed E-state index contributed by atoms with van der Waals surface area (Å²) in [5.74, 6) is 3.76.